The lowest BCUT2D eigenvalue weighted by atomic mass is 10.3. The number of halogens is 1. The van der Waals surface area contributed by atoms with Crippen LogP contribution in [0, 0.1) is 6.92 Å². The van der Waals surface area contributed by atoms with Crippen LogP contribution in [0.2, 0.25) is 5.02 Å². The molecule has 0 unspecified atom stereocenters. The van der Waals surface area contributed by atoms with E-state index >= 15 is 0 Å². The van der Waals surface area contributed by atoms with Crippen LogP contribution in [-0.2, 0) is 17.9 Å². The van der Waals surface area contributed by atoms with E-state index in [1.54, 1.807) is 17.1 Å². The van der Waals surface area contributed by atoms with E-state index < -0.39 is 0 Å². The third-order valence-electron chi connectivity index (χ3n) is 4.01. The predicted molar refractivity (Wildman–Crippen MR) is 82.5 cm³/mol. The third kappa shape index (κ3) is 3.34. The Labute approximate surface area is 134 Å². The Morgan fingerprint density at radius 3 is 2.73 bits per heavy atom. The maximum atomic E-state index is 12.3. The number of nitrogens with zero attached hydrogens (tertiary/aromatic N) is 4. The van der Waals surface area contributed by atoms with Gasteiger partial charge in [-0.2, -0.15) is 5.10 Å². The second-order valence-electron chi connectivity index (χ2n) is 5.47. The highest BCUT2D eigenvalue weighted by Crippen LogP contribution is 2.14. The maximum Gasteiger partial charge on any atom is 0.244 e. The molecule has 0 N–H and O–H groups in total. The lowest BCUT2D eigenvalue weighted by Gasteiger charge is -2.34. The van der Waals surface area contributed by atoms with Gasteiger partial charge in [-0.1, -0.05) is 11.6 Å². The maximum absolute atomic E-state index is 12.3. The number of carbonyl (C=O) groups is 1. The van der Waals surface area contributed by atoms with Crippen molar-refractivity contribution < 1.29 is 9.21 Å². The number of carbonyl (C=O) groups excluding carboxylic acids is 1. The average Bonchev–Trinajstić information content (AvgIpc) is 3.13. The summed E-state index contributed by atoms with van der Waals surface area (Å²) in [6.07, 6.45) is 3.26. The topological polar surface area (TPSA) is 54.5 Å². The van der Waals surface area contributed by atoms with Crippen molar-refractivity contribution in [3.63, 3.8) is 0 Å². The van der Waals surface area contributed by atoms with E-state index in [0.29, 0.717) is 5.02 Å². The van der Waals surface area contributed by atoms with Crippen LogP contribution in [-0.4, -0.2) is 51.7 Å². The van der Waals surface area contributed by atoms with Crippen LogP contribution in [0.4, 0.5) is 0 Å². The fourth-order valence-corrected chi connectivity index (χ4v) is 2.73. The van der Waals surface area contributed by atoms with Gasteiger partial charge in [0, 0.05) is 26.2 Å². The third-order valence-corrected chi connectivity index (χ3v) is 4.38. The molecule has 0 spiro atoms. The zero-order valence-electron chi connectivity index (χ0n) is 12.5. The molecule has 0 saturated carbocycles. The van der Waals surface area contributed by atoms with Crippen LogP contribution in [0.5, 0.6) is 0 Å². The second kappa shape index (κ2) is 6.54. The number of piperazine rings is 1. The van der Waals surface area contributed by atoms with Crippen molar-refractivity contribution in [1.82, 2.24) is 19.6 Å². The predicted octanol–water partition coefficient (Wildman–Crippen LogP) is 1.78. The normalized spacial score (nSPS) is 16.2. The summed E-state index contributed by atoms with van der Waals surface area (Å²) in [6.45, 7) is 6.07. The van der Waals surface area contributed by atoms with Gasteiger partial charge < -0.3 is 9.32 Å². The first kappa shape index (κ1) is 15.1. The monoisotopic (exact) mass is 322 g/mol. The number of hydrogen-bond donors (Lipinski definition) is 0. The Morgan fingerprint density at radius 2 is 2.14 bits per heavy atom. The molecule has 0 aromatic carbocycles. The van der Waals surface area contributed by atoms with Crippen molar-refractivity contribution in [1.29, 1.82) is 0 Å². The molecule has 3 rings (SSSR count). The van der Waals surface area contributed by atoms with Gasteiger partial charge in [-0.3, -0.25) is 14.4 Å². The van der Waals surface area contributed by atoms with Crippen molar-refractivity contribution in [2.75, 3.05) is 26.2 Å². The molecule has 118 valence electrons. The van der Waals surface area contributed by atoms with Crippen molar-refractivity contribution in [3.05, 3.63) is 41.1 Å². The zero-order valence-corrected chi connectivity index (χ0v) is 13.3. The smallest absolute Gasteiger partial charge is 0.244 e. The van der Waals surface area contributed by atoms with E-state index in [2.05, 4.69) is 10.00 Å². The summed E-state index contributed by atoms with van der Waals surface area (Å²) in [4.78, 5) is 16.5. The minimum absolute atomic E-state index is 0.0838. The number of hydrogen-bond acceptors (Lipinski definition) is 4. The molecule has 0 aliphatic carbocycles. The van der Waals surface area contributed by atoms with Gasteiger partial charge in [0.25, 0.3) is 0 Å². The fraction of sp³-hybridized carbons (Fsp3) is 0.467. The van der Waals surface area contributed by atoms with Gasteiger partial charge in [-0.25, -0.2) is 0 Å². The molecule has 1 aliphatic heterocycles. The van der Waals surface area contributed by atoms with Gasteiger partial charge in [0.1, 0.15) is 12.3 Å². The van der Waals surface area contributed by atoms with Crippen LogP contribution in [0.1, 0.15) is 11.5 Å². The lowest BCUT2D eigenvalue weighted by molar-refractivity contribution is -0.133. The van der Waals surface area contributed by atoms with Crippen molar-refractivity contribution in [2.45, 2.75) is 20.0 Å². The molecule has 6 nitrogen and oxygen atoms in total. The summed E-state index contributed by atoms with van der Waals surface area (Å²) in [5.41, 5.74) is 0.825. The molecule has 1 aliphatic rings. The Bertz CT molecular complexity index is 630. The highest BCUT2D eigenvalue weighted by molar-refractivity contribution is 6.31. The van der Waals surface area contributed by atoms with E-state index in [1.807, 2.05) is 24.0 Å². The van der Waals surface area contributed by atoms with Crippen LogP contribution >= 0.6 is 11.6 Å². The van der Waals surface area contributed by atoms with E-state index in [-0.39, 0.29) is 12.5 Å². The van der Waals surface area contributed by atoms with E-state index in [0.717, 1.165) is 44.2 Å². The number of furan rings is 1. The van der Waals surface area contributed by atoms with Crippen molar-refractivity contribution in [2.24, 2.45) is 0 Å². The Hall–Kier alpha value is -1.79. The quantitative estimate of drug-likeness (QED) is 0.861. The summed E-state index contributed by atoms with van der Waals surface area (Å²) in [5.74, 6) is 1.04. The standard InChI is InChI=1S/C15H19ClN4O2/c1-12-14(16)9-17-20(12)11-15(21)19-6-4-18(5-7-19)10-13-3-2-8-22-13/h2-3,8-9H,4-7,10-11H2,1H3. The van der Waals surface area contributed by atoms with Gasteiger partial charge in [-0.05, 0) is 19.1 Å². The SMILES string of the molecule is Cc1c(Cl)cnn1CC(=O)N1CCN(Cc2ccco2)CC1. The Kier molecular flexibility index (Phi) is 4.49. The fourth-order valence-electron chi connectivity index (χ4n) is 2.59. The average molecular weight is 323 g/mol. The summed E-state index contributed by atoms with van der Waals surface area (Å²) >= 11 is 5.96. The first-order chi connectivity index (χ1) is 10.6. The number of aromatic nitrogens is 2. The zero-order chi connectivity index (χ0) is 15.5. The molecule has 0 bridgehead atoms. The Balaban J connectivity index is 1.50. The van der Waals surface area contributed by atoms with Gasteiger partial charge in [0.15, 0.2) is 0 Å². The first-order valence-electron chi connectivity index (χ1n) is 7.34. The second-order valence-corrected chi connectivity index (χ2v) is 5.88. The molecule has 3 heterocycles. The minimum Gasteiger partial charge on any atom is -0.468 e. The van der Waals surface area contributed by atoms with Crippen LogP contribution in [0.3, 0.4) is 0 Å². The molecule has 2 aromatic heterocycles. The van der Waals surface area contributed by atoms with Crippen molar-refractivity contribution in [3.8, 4) is 0 Å². The number of rotatable bonds is 4. The van der Waals surface area contributed by atoms with Crippen molar-refractivity contribution >= 4 is 17.5 Å². The molecule has 0 atom stereocenters. The molecular formula is C15H19ClN4O2. The molecule has 0 radical (unpaired) electrons. The van der Waals surface area contributed by atoms with Gasteiger partial charge in [0.05, 0.1) is 29.7 Å². The van der Waals surface area contributed by atoms with Crippen LogP contribution in [0.15, 0.2) is 29.0 Å². The molecular weight excluding hydrogens is 304 g/mol. The summed E-state index contributed by atoms with van der Waals surface area (Å²) in [5, 5.41) is 4.72. The van der Waals surface area contributed by atoms with E-state index in [4.69, 9.17) is 16.0 Å². The van der Waals surface area contributed by atoms with Gasteiger partial charge in [-0.15, -0.1) is 0 Å². The molecule has 22 heavy (non-hydrogen) atoms. The largest absolute Gasteiger partial charge is 0.468 e. The van der Waals surface area contributed by atoms with E-state index in [1.165, 1.54) is 0 Å². The summed E-state index contributed by atoms with van der Waals surface area (Å²) in [7, 11) is 0. The minimum atomic E-state index is 0.0838. The summed E-state index contributed by atoms with van der Waals surface area (Å²) in [6, 6.07) is 3.87. The Morgan fingerprint density at radius 1 is 1.36 bits per heavy atom. The molecule has 1 fully saturated rings. The molecule has 1 saturated heterocycles. The first-order valence-corrected chi connectivity index (χ1v) is 7.71. The highest BCUT2D eigenvalue weighted by Gasteiger charge is 2.22. The van der Waals surface area contributed by atoms with E-state index in [9.17, 15) is 4.79 Å². The van der Waals surface area contributed by atoms with Gasteiger partial charge in [0.2, 0.25) is 5.91 Å². The number of amides is 1. The lowest BCUT2D eigenvalue weighted by Crippen LogP contribution is -2.49. The molecule has 7 heteroatoms. The molecule has 1 amide bonds. The van der Waals surface area contributed by atoms with Gasteiger partial charge >= 0.3 is 0 Å². The summed E-state index contributed by atoms with van der Waals surface area (Å²) < 4.78 is 7.01. The highest BCUT2D eigenvalue weighted by atomic mass is 35.5. The van der Waals surface area contributed by atoms with Crippen LogP contribution < -0.4 is 0 Å². The molecule has 2 aromatic rings. The van der Waals surface area contributed by atoms with Crippen LogP contribution in [0.25, 0.3) is 0 Å².